The normalized spacial score (nSPS) is 25.3. The van der Waals surface area contributed by atoms with Crippen LogP contribution in [0.5, 0.6) is 5.75 Å². The molecule has 114 valence electrons. The van der Waals surface area contributed by atoms with Gasteiger partial charge in [0.15, 0.2) is 0 Å². The van der Waals surface area contributed by atoms with E-state index in [1.807, 2.05) is 36.1 Å². The second-order valence-electron chi connectivity index (χ2n) is 6.19. The van der Waals surface area contributed by atoms with Crippen LogP contribution >= 0.6 is 0 Å². The van der Waals surface area contributed by atoms with Gasteiger partial charge in [-0.3, -0.25) is 4.79 Å². The number of nitrogens with zero attached hydrogens (tertiary/aromatic N) is 1. The van der Waals surface area contributed by atoms with E-state index in [9.17, 15) is 4.79 Å². The quantitative estimate of drug-likeness (QED) is 0.928. The monoisotopic (exact) mass is 288 g/mol. The number of piperidine rings is 1. The summed E-state index contributed by atoms with van der Waals surface area (Å²) in [5.41, 5.74) is 0.995. The molecule has 4 heteroatoms. The Bertz CT molecular complexity index is 509. The Morgan fingerprint density at radius 2 is 2.24 bits per heavy atom. The highest BCUT2D eigenvalue weighted by molar-refractivity contribution is 5.97. The second-order valence-corrected chi connectivity index (χ2v) is 6.19. The zero-order valence-electron chi connectivity index (χ0n) is 12.7. The van der Waals surface area contributed by atoms with Gasteiger partial charge in [0.25, 0.3) is 5.91 Å². The maximum absolute atomic E-state index is 12.8. The van der Waals surface area contributed by atoms with Gasteiger partial charge in [0.05, 0.1) is 12.2 Å². The van der Waals surface area contributed by atoms with Gasteiger partial charge in [-0.25, -0.2) is 0 Å². The minimum Gasteiger partial charge on any atom is -0.493 e. The van der Waals surface area contributed by atoms with Gasteiger partial charge < -0.3 is 15.0 Å². The van der Waals surface area contributed by atoms with Gasteiger partial charge in [0.2, 0.25) is 0 Å². The molecule has 0 unspecified atom stereocenters. The van der Waals surface area contributed by atoms with E-state index in [0.29, 0.717) is 23.3 Å². The first-order valence-corrected chi connectivity index (χ1v) is 7.96. The van der Waals surface area contributed by atoms with Gasteiger partial charge in [-0.1, -0.05) is 12.1 Å². The summed E-state index contributed by atoms with van der Waals surface area (Å²) >= 11 is 0. The highest BCUT2D eigenvalue weighted by Gasteiger charge is 2.41. The Morgan fingerprint density at radius 3 is 3.00 bits per heavy atom. The molecule has 2 heterocycles. The summed E-state index contributed by atoms with van der Waals surface area (Å²) in [6.07, 6.45) is 3.57. The van der Waals surface area contributed by atoms with Crippen LogP contribution in [0.15, 0.2) is 24.3 Å². The molecule has 1 aromatic carbocycles. The number of hydrogen-bond acceptors (Lipinski definition) is 3. The van der Waals surface area contributed by atoms with Crippen molar-refractivity contribution < 1.29 is 9.53 Å². The van der Waals surface area contributed by atoms with Gasteiger partial charge in [-0.05, 0) is 44.9 Å². The summed E-state index contributed by atoms with van der Waals surface area (Å²) in [6, 6.07) is 7.57. The molecule has 0 aromatic heterocycles. The van der Waals surface area contributed by atoms with Crippen molar-refractivity contribution in [1.82, 2.24) is 10.2 Å². The van der Waals surface area contributed by atoms with E-state index >= 15 is 0 Å². The number of nitrogens with one attached hydrogen (secondary N) is 1. The molecule has 2 fully saturated rings. The fourth-order valence-electron chi connectivity index (χ4n) is 3.58. The van der Waals surface area contributed by atoms with Crippen LogP contribution in [0.4, 0.5) is 0 Å². The number of amides is 1. The van der Waals surface area contributed by atoms with E-state index in [-0.39, 0.29) is 5.91 Å². The first-order valence-electron chi connectivity index (χ1n) is 7.96. The molecule has 1 amide bonds. The predicted molar refractivity (Wildman–Crippen MR) is 82.7 cm³/mol. The smallest absolute Gasteiger partial charge is 0.257 e. The van der Waals surface area contributed by atoms with Crippen LogP contribution in [0, 0.1) is 5.41 Å². The Morgan fingerprint density at radius 1 is 1.38 bits per heavy atom. The standard InChI is InChI=1S/C17H24N2O2/c1-2-21-15-7-4-3-6-14(15)16(20)19-11-9-17(13-19)8-5-10-18-12-17/h3-4,6-7,18H,2,5,8-13H2,1H3/t17-/m0/s1. The van der Waals surface area contributed by atoms with Gasteiger partial charge in [-0.2, -0.15) is 0 Å². The molecule has 2 aliphatic rings. The van der Waals surface area contributed by atoms with Crippen LogP contribution in [0.2, 0.25) is 0 Å². The molecule has 2 saturated heterocycles. The lowest BCUT2D eigenvalue weighted by molar-refractivity contribution is 0.0760. The molecule has 1 N–H and O–H groups in total. The van der Waals surface area contributed by atoms with Crippen LogP contribution in [0.3, 0.4) is 0 Å². The maximum Gasteiger partial charge on any atom is 0.257 e. The molecule has 4 nitrogen and oxygen atoms in total. The molecule has 1 aromatic rings. The fourth-order valence-corrected chi connectivity index (χ4v) is 3.58. The van der Waals surface area contributed by atoms with E-state index < -0.39 is 0 Å². The Labute approximate surface area is 126 Å². The third kappa shape index (κ3) is 2.91. The summed E-state index contributed by atoms with van der Waals surface area (Å²) < 4.78 is 5.59. The molecule has 0 radical (unpaired) electrons. The third-order valence-corrected chi connectivity index (χ3v) is 4.70. The molecule has 2 aliphatic heterocycles. The molecule has 1 spiro atoms. The van der Waals surface area contributed by atoms with Crippen molar-refractivity contribution in [3.05, 3.63) is 29.8 Å². The van der Waals surface area contributed by atoms with Crippen molar-refractivity contribution in [3.63, 3.8) is 0 Å². The number of ether oxygens (including phenoxy) is 1. The minimum absolute atomic E-state index is 0.112. The number of likely N-dealkylation sites (tertiary alicyclic amines) is 1. The van der Waals surface area contributed by atoms with Crippen molar-refractivity contribution in [2.75, 3.05) is 32.8 Å². The third-order valence-electron chi connectivity index (χ3n) is 4.70. The van der Waals surface area contributed by atoms with Crippen molar-refractivity contribution >= 4 is 5.91 Å². The van der Waals surface area contributed by atoms with Crippen molar-refractivity contribution in [2.24, 2.45) is 5.41 Å². The summed E-state index contributed by atoms with van der Waals surface area (Å²) in [4.78, 5) is 14.8. The summed E-state index contributed by atoms with van der Waals surface area (Å²) in [5, 5.41) is 3.49. The van der Waals surface area contributed by atoms with Crippen molar-refractivity contribution in [1.29, 1.82) is 0 Å². The lowest BCUT2D eigenvalue weighted by atomic mass is 9.80. The van der Waals surface area contributed by atoms with Crippen molar-refractivity contribution in [2.45, 2.75) is 26.2 Å². The number of para-hydroxylation sites is 1. The zero-order valence-corrected chi connectivity index (χ0v) is 12.7. The van der Waals surface area contributed by atoms with Crippen molar-refractivity contribution in [3.8, 4) is 5.75 Å². The van der Waals surface area contributed by atoms with Crippen LogP contribution in [0.25, 0.3) is 0 Å². The molecule has 21 heavy (non-hydrogen) atoms. The summed E-state index contributed by atoms with van der Waals surface area (Å²) in [5.74, 6) is 0.814. The molecule has 0 bridgehead atoms. The number of hydrogen-bond donors (Lipinski definition) is 1. The molecular weight excluding hydrogens is 264 g/mol. The van der Waals surface area contributed by atoms with E-state index in [0.717, 1.165) is 32.6 Å². The van der Waals surface area contributed by atoms with Crippen LogP contribution in [-0.4, -0.2) is 43.6 Å². The number of carbonyl (C=O) groups is 1. The van der Waals surface area contributed by atoms with Crippen LogP contribution < -0.4 is 10.1 Å². The van der Waals surface area contributed by atoms with Gasteiger partial charge in [0, 0.05) is 25.0 Å². The SMILES string of the molecule is CCOc1ccccc1C(=O)N1CC[C@]2(CCCNC2)C1. The number of carbonyl (C=O) groups excluding carboxylic acids is 1. The number of benzene rings is 1. The first-order chi connectivity index (χ1) is 10.2. The first kappa shape index (κ1) is 14.4. The molecule has 3 rings (SSSR count). The minimum atomic E-state index is 0.112. The van der Waals surface area contributed by atoms with Gasteiger partial charge >= 0.3 is 0 Å². The average Bonchev–Trinajstić information content (AvgIpc) is 2.92. The van der Waals surface area contributed by atoms with E-state index in [4.69, 9.17) is 4.74 Å². The lowest BCUT2D eigenvalue weighted by Crippen LogP contribution is -2.42. The highest BCUT2D eigenvalue weighted by atomic mass is 16.5. The fraction of sp³-hybridized carbons (Fsp3) is 0.588. The Balaban J connectivity index is 1.74. The summed E-state index contributed by atoms with van der Waals surface area (Å²) in [6.45, 7) is 6.42. The average molecular weight is 288 g/mol. The van der Waals surface area contributed by atoms with Gasteiger partial charge in [-0.15, -0.1) is 0 Å². The van der Waals surface area contributed by atoms with Crippen LogP contribution in [0.1, 0.15) is 36.5 Å². The van der Waals surface area contributed by atoms with E-state index in [1.165, 1.54) is 12.8 Å². The summed E-state index contributed by atoms with van der Waals surface area (Å²) in [7, 11) is 0. The largest absolute Gasteiger partial charge is 0.493 e. The highest BCUT2D eigenvalue weighted by Crippen LogP contribution is 2.37. The molecule has 1 atom stereocenters. The topological polar surface area (TPSA) is 41.6 Å². The molecule has 0 aliphatic carbocycles. The predicted octanol–water partition coefficient (Wildman–Crippen LogP) is 2.30. The second kappa shape index (κ2) is 6.06. The Kier molecular flexibility index (Phi) is 4.15. The Hall–Kier alpha value is -1.55. The lowest BCUT2D eigenvalue weighted by Gasteiger charge is -2.33. The van der Waals surface area contributed by atoms with Gasteiger partial charge in [0.1, 0.15) is 5.75 Å². The van der Waals surface area contributed by atoms with E-state index in [1.54, 1.807) is 0 Å². The maximum atomic E-state index is 12.8. The van der Waals surface area contributed by atoms with E-state index in [2.05, 4.69) is 5.32 Å². The molecule has 0 saturated carbocycles. The zero-order chi connectivity index (χ0) is 14.7. The number of rotatable bonds is 3. The van der Waals surface area contributed by atoms with Crippen LogP contribution in [-0.2, 0) is 0 Å². The molecular formula is C17H24N2O2.